The highest BCUT2D eigenvalue weighted by Crippen LogP contribution is 2.26. The smallest absolute Gasteiger partial charge is 0.366 e. The summed E-state index contributed by atoms with van der Waals surface area (Å²) in [6.45, 7) is 0. The summed E-state index contributed by atoms with van der Waals surface area (Å²) in [7, 11) is 1.66. The number of halogens is 1. The van der Waals surface area contributed by atoms with Gasteiger partial charge in [0.2, 0.25) is 0 Å². The molecule has 0 fully saturated rings. The molecule has 118 valence electrons. The van der Waals surface area contributed by atoms with Crippen molar-refractivity contribution in [1.29, 1.82) is 0 Å². The Balaban J connectivity index is 1.82. The molecule has 0 N–H and O–H groups in total. The quantitative estimate of drug-likeness (QED) is 0.424. The Morgan fingerprint density at radius 1 is 1.17 bits per heavy atom. The molecule has 5 heteroatoms. The van der Waals surface area contributed by atoms with Crippen molar-refractivity contribution in [1.82, 2.24) is 0 Å². The number of hydrogen-bond donors (Lipinski definition) is 0. The SMILES string of the molecule is COc1ccc2c(c1)CCC/C2=N\OC(=O)c1ccccc1I. The zero-order chi connectivity index (χ0) is 16.2. The van der Waals surface area contributed by atoms with Gasteiger partial charge in [0.05, 0.1) is 18.4 Å². The van der Waals surface area contributed by atoms with Gasteiger partial charge in [-0.3, -0.25) is 0 Å². The van der Waals surface area contributed by atoms with E-state index in [1.54, 1.807) is 13.2 Å². The highest BCUT2D eigenvalue weighted by molar-refractivity contribution is 14.1. The van der Waals surface area contributed by atoms with Crippen molar-refractivity contribution in [2.45, 2.75) is 19.3 Å². The Kier molecular flexibility index (Phi) is 4.95. The van der Waals surface area contributed by atoms with Crippen molar-refractivity contribution in [3.05, 3.63) is 62.7 Å². The number of oxime groups is 1. The topological polar surface area (TPSA) is 47.9 Å². The van der Waals surface area contributed by atoms with Gasteiger partial charge in [0.15, 0.2) is 0 Å². The minimum atomic E-state index is -0.428. The number of ether oxygens (including phenoxy) is 1. The third-order valence-corrected chi connectivity index (χ3v) is 4.76. The molecule has 0 atom stereocenters. The molecule has 23 heavy (non-hydrogen) atoms. The molecule has 0 radical (unpaired) electrons. The van der Waals surface area contributed by atoms with E-state index in [0.29, 0.717) is 5.56 Å². The molecular formula is C18H16INO3. The minimum Gasteiger partial charge on any atom is -0.497 e. The van der Waals surface area contributed by atoms with Crippen molar-refractivity contribution in [2.24, 2.45) is 5.16 Å². The lowest BCUT2D eigenvalue weighted by Gasteiger charge is -2.18. The molecule has 0 aromatic heterocycles. The standard InChI is InChI=1S/C18H16INO3/c1-22-13-9-10-14-12(11-13)5-4-8-17(14)20-23-18(21)15-6-2-3-7-16(15)19/h2-3,6-7,9-11H,4-5,8H2,1H3/b20-17+. The molecule has 0 heterocycles. The Morgan fingerprint density at radius 2 is 2.00 bits per heavy atom. The van der Waals surface area contributed by atoms with E-state index >= 15 is 0 Å². The largest absolute Gasteiger partial charge is 0.497 e. The van der Waals surface area contributed by atoms with Crippen LogP contribution in [-0.4, -0.2) is 18.8 Å². The zero-order valence-corrected chi connectivity index (χ0v) is 14.9. The van der Waals surface area contributed by atoms with Gasteiger partial charge in [0.1, 0.15) is 5.75 Å². The van der Waals surface area contributed by atoms with Crippen LogP contribution in [0.3, 0.4) is 0 Å². The second kappa shape index (κ2) is 7.12. The second-order valence-electron chi connectivity index (χ2n) is 5.27. The van der Waals surface area contributed by atoms with Crippen LogP contribution in [0.4, 0.5) is 0 Å². The Bertz CT molecular complexity index is 771. The van der Waals surface area contributed by atoms with Gasteiger partial charge in [-0.1, -0.05) is 17.3 Å². The highest BCUT2D eigenvalue weighted by atomic mass is 127. The fraction of sp³-hybridized carbons (Fsp3) is 0.222. The molecule has 0 saturated carbocycles. The number of methoxy groups -OCH3 is 1. The number of carbonyl (C=O) groups is 1. The Labute approximate surface area is 148 Å². The highest BCUT2D eigenvalue weighted by Gasteiger charge is 2.18. The molecule has 4 nitrogen and oxygen atoms in total. The first-order chi connectivity index (χ1) is 11.2. The minimum absolute atomic E-state index is 0.428. The lowest BCUT2D eigenvalue weighted by molar-refractivity contribution is 0.0514. The summed E-state index contributed by atoms with van der Waals surface area (Å²) in [4.78, 5) is 17.3. The van der Waals surface area contributed by atoms with E-state index in [2.05, 4.69) is 27.7 Å². The van der Waals surface area contributed by atoms with Gasteiger partial charge in [0.25, 0.3) is 0 Å². The number of aryl methyl sites for hydroxylation is 1. The first-order valence-electron chi connectivity index (χ1n) is 7.39. The number of carbonyl (C=O) groups excluding carboxylic acids is 1. The number of fused-ring (bicyclic) bond motifs is 1. The van der Waals surface area contributed by atoms with Crippen molar-refractivity contribution in [3.8, 4) is 5.75 Å². The molecule has 0 aliphatic heterocycles. The summed E-state index contributed by atoms with van der Waals surface area (Å²) in [5, 5.41) is 4.12. The van der Waals surface area contributed by atoms with Crippen LogP contribution < -0.4 is 4.74 Å². The number of rotatable bonds is 3. The Morgan fingerprint density at radius 3 is 2.78 bits per heavy atom. The molecule has 2 aromatic rings. The number of nitrogens with zero attached hydrogens (tertiary/aromatic N) is 1. The summed E-state index contributed by atoms with van der Waals surface area (Å²) in [6, 6.07) is 13.2. The Hall–Kier alpha value is -1.89. The van der Waals surface area contributed by atoms with Gasteiger partial charge in [-0.15, -0.1) is 0 Å². The monoisotopic (exact) mass is 421 g/mol. The van der Waals surface area contributed by atoms with Gasteiger partial charge >= 0.3 is 5.97 Å². The molecule has 0 spiro atoms. The van der Waals surface area contributed by atoms with E-state index in [9.17, 15) is 4.79 Å². The molecular weight excluding hydrogens is 405 g/mol. The number of benzene rings is 2. The van der Waals surface area contributed by atoms with Gasteiger partial charge < -0.3 is 9.57 Å². The fourth-order valence-corrected chi connectivity index (χ4v) is 3.24. The molecule has 0 saturated heterocycles. The van der Waals surface area contributed by atoms with Crippen LogP contribution in [0.1, 0.15) is 34.3 Å². The van der Waals surface area contributed by atoms with E-state index in [1.807, 2.05) is 36.4 Å². The van der Waals surface area contributed by atoms with Gasteiger partial charge in [-0.2, -0.15) is 0 Å². The lowest BCUT2D eigenvalue weighted by atomic mass is 9.90. The first kappa shape index (κ1) is 16.0. The van der Waals surface area contributed by atoms with E-state index in [-0.39, 0.29) is 0 Å². The van der Waals surface area contributed by atoms with Crippen LogP contribution in [0.25, 0.3) is 0 Å². The van der Waals surface area contributed by atoms with Crippen molar-refractivity contribution < 1.29 is 14.4 Å². The van der Waals surface area contributed by atoms with Crippen LogP contribution in [0, 0.1) is 3.57 Å². The van der Waals surface area contributed by atoms with Gasteiger partial charge in [0, 0.05) is 9.13 Å². The van der Waals surface area contributed by atoms with E-state index in [4.69, 9.17) is 9.57 Å². The van der Waals surface area contributed by atoms with Crippen molar-refractivity contribution in [3.63, 3.8) is 0 Å². The first-order valence-corrected chi connectivity index (χ1v) is 8.47. The van der Waals surface area contributed by atoms with E-state index in [0.717, 1.165) is 39.9 Å². The van der Waals surface area contributed by atoms with E-state index < -0.39 is 5.97 Å². The summed E-state index contributed by atoms with van der Waals surface area (Å²) in [6.07, 6.45) is 2.77. The number of hydrogen-bond acceptors (Lipinski definition) is 4. The fourth-order valence-electron chi connectivity index (χ4n) is 2.63. The van der Waals surface area contributed by atoms with Gasteiger partial charge in [-0.05, 0) is 77.7 Å². The molecule has 0 bridgehead atoms. The van der Waals surface area contributed by atoms with Gasteiger partial charge in [-0.25, -0.2) is 4.79 Å². The summed E-state index contributed by atoms with van der Waals surface area (Å²) < 4.78 is 6.11. The third-order valence-electron chi connectivity index (χ3n) is 3.82. The van der Waals surface area contributed by atoms with E-state index in [1.165, 1.54) is 5.56 Å². The van der Waals surface area contributed by atoms with Crippen LogP contribution in [0.15, 0.2) is 47.6 Å². The lowest BCUT2D eigenvalue weighted by Crippen LogP contribution is -2.14. The molecule has 3 rings (SSSR count). The third kappa shape index (κ3) is 3.55. The summed E-state index contributed by atoms with van der Waals surface area (Å²) in [5.41, 5.74) is 3.56. The van der Waals surface area contributed by atoms with Crippen molar-refractivity contribution >= 4 is 34.3 Å². The molecule has 1 aliphatic carbocycles. The molecule has 0 unspecified atom stereocenters. The summed E-state index contributed by atoms with van der Waals surface area (Å²) in [5.74, 6) is 0.406. The predicted octanol–water partition coefficient (Wildman–Crippen LogP) is 4.20. The summed E-state index contributed by atoms with van der Waals surface area (Å²) >= 11 is 2.11. The maximum Gasteiger partial charge on any atom is 0.366 e. The van der Waals surface area contributed by atoms with Crippen molar-refractivity contribution in [2.75, 3.05) is 7.11 Å². The maximum atomic E-state index is 12.2. The molecule has 0 amide bonds. The average molecular weight is 421 g/mol. The molecule has 1 aliphatic rings. The normalized spacial score (nSPS) is 15.1. The maximum absolute atomic E-state index is 12.2. The predicted molar refractivity (Wildman–Crippen MR) is 97.0 cm³/mol. The average Bonchev–Trinajstić information content (AvgIpc) is 2.59. The van der Waals surface area contributed by atoms with Crippen LogP contribution in [0.5, 0.6) is 5.75 Å². The second-order valence-corrected chi connectivity index (χ2v) is 6.44. The van der Waals surface area contributed by atoms with Crippen LogP contribution in [0.2, 0.25) is 0 Å². The van der Waals surface area contributed by atoms with Crippen LogP contribution >= 0.6 is 22.6 Å². The zero-order valence-electron chi connectivity index (χ0n) is 12.7. The molecule has 2 aromatic carbocycles. The van der Waals surface area contributed by atoms with Crippen LogP contribution in [-0.2, 0) is 11.3 Å².